The van der Waals surface area contributed by atoms with Gasteiger partial charge in [0, 0.05) is 0 Å². The van der Waals surface area contributed by atoms with Crippen LogP contribution in [-0.4, -0.2) is 53.9 Å². The van der Waals surface area contributed by atoms with Gasteiger partial charge in [0.05, 0.1) is 0 Å². The average Bonchev–Trinajstić information content (AvgIpc) is 1.60. The molecule has 0 radical (unpaired) electrons. The van der Waals surface area contributed by atoms with E-state index in [9.17, 15) is 0 Å². The van der Waals surface area contributed by atoms with Crippen molar-refractivity contribution in [3.63, 3.8) is 0 Å². The van der Waals surface area contributed by atoms with E-state index < -0.39 is 31.0 Å². The zero-order valence-electron chi connectivity index (χ0n) is 7.64. The molecule has 0 unspecified atom stereocenters. The Morgan fingerprint density at radius 2 is 1.09 bits per heavy atom. The van der Waals surface area contributed by atoms with Gasteiger partial charge in [-0.05, 0) is 0 Å². The molecule has 0 spiro atoms. The van der Waals surface area contributed by atoms with Gasteiger partial charge in [-0.1, -0.05) is 0 Å². The fourth-order valence-electron chi connectivity index (χ4n) is 0. The maximum absolute atomic E-state index is 9.02. The van der Waals surface area contributed by atoms with E-state index in [-0.39, 0.29) is 14.7 Å². The zero-order chi connectivity index (χ0) is 9.86. The molecule has 0 aromatic carbocycles. The minimum atomic E-state index is -2.19. The standard InChI is InChI=1S/C3H9As.CH5AsO2.CH3AsO/c1-4(2)3;1-2(3)4;1-2-3/h1-3H3;3-4H,1H3;1H3. The average molecular weight is 350 g/mol. The molecule has 0 saturated carbocycles. The van der Waals surface area contributed by atoms with E-state index in [2.05, 4.69) is 17.1 Å². The van der Waals surface area contributed by atoms with Crippen LogP contribution < -0.4 is 0 Å². The molecule has 3 nitrogen and oxygen atoms in total. The third-order valence-corrected chi connectivity index (χ3v) is 0. The predicted molar refractivity (Wildman–Crippen MR) is 51.7 cm³/mol. The molecular formula is C5H17As3O3. The summed E-state index contributed by atoms with van der Waals surface area (Å²) < 4.78 is 24.5. The van der Waals surface area contributed by atoms with Crippen LogP contribution in [0.1, 0.15) is 0 Å². The van der Waals surface area contributed by atoms with Crippen molar-refractivity contribution in [3.8, 4) is 0 Å². The SMILES string of the molecule is C[As](C)C.C[As](O)O.C[As]=O. The van der Waals surface area contributed by atoms with Crippen LogP contribution in [0.3, 0.4) is 0 Å². The van der Waals surface area contributed by atoms with Gasteiger partial charge < -0.3 is 0 Å². The van der Waals surface area contributed by atoms with Gasteiger partial charge >= 0.3 is 86.2 Å². The molecule has 0 fully saturated rings. The van der Waals surface area contributed by atoms with Gasteiger partial charge in [0.15, 0.2) is 0 Å². The first-order valence-corrected chi connectivity index (χ1v) is 14.6. The Morgan fingerprint density at radius 1 is 1.09 bits per heavy atom. The zero-order valence-corrected chi connectivity index (χ0v) is 13.3. The van der Waals surface area contributed by atoms with E-state index >= 15 is 0 Å². The molecule has 0 heterocycles. The second kappa shape index (κ2) is 17.5. The molecule has 0 aliphatic heterocycles. The van der Waals surface area contributed by atoms with Crippen molar-refractivity contribution in [2.24, 2.45) is 0 Å². The third-order valence-electron chi connectivity index (χ3n) is 0. The van der Waals surface area contributed by atoms with Gasteiger partial charge in [-0.3, -0.25) is 0 Å². The molecule has 0 aromatic heterocycles. The van der Waals surface area contributed by atoms with Crippen LogP contribution in [0.25, 0.3) is 0 Å². The maximum atomic E-state index is 9.02. The number of hydrogen-bond acceptors (Lipinski definition) is 3. The van der Waals surface area contributed by atoms with Gasteiger partial charge in [-0.15, -0.1) is 0 Å². The van der Waals surface area contributed by atoms with E-state index in [4.69, 9.17) is 11.9 Å². The Bertz CT molecular complexity index is 56.5. The summed E-state index contributed by atoms with van der Waals surface area (Å²) in [6.45, 7) is 0. The summed E-state index contributed by atoms with van der Waals surface area (Å²) in [7, 11) is 0. The number of rotatable bonds is 0. The van der Waals surface area contributed by atoms with Crippen molar-refractivity contribution < 1.29 is 11.9 Å². The van der Waals surface area contributed by atoms with Gasteiger partial charge in [0.1, 0.15) is 0 Å². The first-order chi connectivity index (χ1) is 4.88. The fourth-order valence-corrected chi connectivity index (χ4v) is 0. The summed E-state index contributed by atoms with van der Waals surface area (Å²) in [5, 5.41) is 0. The van der Waals surface area contributed by atoms with E-state index in [0.29, 0.717) is 0 Å². The normalized spacial score (nSPS) is 8.45. The quantitative estimate of drug-likeness (QED) is 0.628. The molecule has 0 saturated heterocycles. The molecule has 0 rings (SSSR count). The van der Waals surface area contributed by atoms with Crippen molar-refractivity contribution >= 4 is 45.7 Å². The minimum absolute atomic E-state index is 0.188. The van der Waals surface area contributed by atoms with Crippen molar-refractivity contribution in [2.75, 3.05) is 0 Å². The van der Waals surface area contributed by atoms with Crippen LogP contribution >= 0.6 is 0 Å². The Hall–Kier alpha value is 1.40. The first-order valence-electron chi connectivity index (χ1n) is 2.82. The van der Waals surface area contributed by atoms with Crippen molar-refractivity contribution in [1.82, 2.24) is 0 Å². The molecule has 70 valence electrons. The molecule has 6 heteroatoms. The van der Waals surface area contributed by atoms with Crippen LogP contribution in [0.4, 0.5) is 0 Å². The van der Waals surface area contributed by atoms with E-state index in [1.54, 1.807) is 5.71 Å². The van der Waals surface area contributed by atoms with E-state index in [1.807, 2.05) is 0 Å². The Balaban J connectivity index is -0.0000000886. The Morgan fingerprint density at radius 3 is 1.09 bits per heavy atom. The van der Waals surface area contributed by atoms with E-state index in [1.165, 1.54) is 5.71 Å². The van der Waals surface area contributed by atoms with E-state index in [0.717, 1.165) is 0 Å². The fraction of sp³-hybridized carbons (Fsp3) is 1.00. The molecule has 2 N–H and O–H groups in total. The number of hydrogen-bond donors (Lipinski definition) is 2. The van der Waals surface area contributed by atoms with Crippen LogP contribution in [0, 0.1) is 0 Å². The summed E-state index contributed by atoms with van der Waals surface area (Å²) in [4.78, 5) is 0. The van der Waals surface area contributed by atoms with Crippen molar-refractivity contribution in [3.05, 3.63) is 0 Å². The molecule has 0 amide bonds. The summed E-state index contributed by atoms with van der Waals surface area (Å²) in [6, 6.07) is 0. The molecule has 0 bridgehead atoms. The van der Waals surface area contributed by atoms with Crippen LogP contribution in [0.2, 0.25) is 28.6 Å². The molecule has 0 aromatic rings. The van der Waals surface area contributed by atoms with Crippen LogP contribution in [-0.2, 0) is 3.74 Å². The second-order valence-electron chi connectivity index (χ2n) is 2.01. The Kier molecular flexibility index (Phi) is 29.0. The molecule has 0 atom stereocenters. The second-order valence-corrected chi connectivity index (χ2v) is 10.5. The summed E-state index contributed by atoms with van der Waals surface area (Å²) in [5.41, 5.74) is 10.0. The molecule has 0 aliphatic carbocycles. The van der Waals surface area contributed by atoms with Crippen molar-refractivity contribution in [2.45, 2.75) is 28.6 Å². The first kappa shape index (κ1) is 18.2. The summed E-state index contributed by atoms with van der Waals surface area (Å²) >= 11 is -2.94. The van der Waals surface area contributed by atoms with Crippen LogP contribution in [0.5, 0.6) is 0 Å². The molecular weight excluding hydrogens is 333 g/mol. The predicted octanol–water partition coefficient (Wildman–Crippen LogP) is 0.544. The van der Waals surface area contributed by atoms with Gasteiger partial charge in [0.25, 0.3) is 0 Å². The summed E-state index contributed by atoms with van der Waals surface area (Å²) in [6.07, 6.45) is 0. The van der Waals surface area contributed by atoms with Gasteiger partial charge in [-0.2, -0.15) is 0 Å². The van der Waals surface area contributed by atoms with Crippen LogP contribution in [0.15, 0.2) is 0 Å². The van der Waals surface area contributed by atoms with Gasteiger partial charge in [-0.25, -0.2) is 0 Å². The monoisotopic (exact) mass is 350 g/mol. The summed E-state index contributed by atoms with van der Waals surface area (Å²) in [5.74, 6) is 0. The molecule has 11 heavy (non-hydrogen) atoms. The topological polar surface area (TPSA) is 57.5 Å². The third kappa shape index (κ3) is 517. The molecule has 0 aliphatic rings. The Labute approximate surface area is 85.7 Å². The van der Waals surface area contributed by atoms with Gasteiger partial charge in [0.2, 0.25) is 0 Å². The van der Waals surface area contributed by atoms with Crippen molar-refractivity contribution in [1.29, 1.82) is 0 Å².